The SMILES string of the molecule is O=c1[nH]cnc2c1nc(Br)n2[C@H]1O[C@@H](CO)[C@@H](O)[C@H]1O. The summed E-state index contributed by atoms with van der Waals surface area (Å²) in [7, 11) is 0. The summed E-state index contributed by atoms with van der Waals surface area (Å²) in [5.41, 5.74) is -0.145. The number of aromatic amines is 1. The minimum absolute atomic E-state index is 0.0807. The van der Waals surface area contributed by atoms with Gasteiger partial charge in [-0.1, -0.05) is 0 Å². The third-order valence-electron chi connectivity index (χ3n) is 3.21. The van der Waals surface area contributed by atoms with Crippen LogP contribution < -0.4 is 5.56 Å². The lowest BCUT2D eigenvalue weighted by Gasteiger charge is -2.17. The molecule has 0 aromatic carbocycles. The minimum Gasteiger partial charge on any atom is -0.394 e. The first-order chi connectivity index (χ1) is 9.54. The van der Waals surface area contributed by atoms with E-state index in [0.29, 0.717) is 0 Å². The van der Waals surface area contributed by atoms with Crippen molar-refractivity contribution < 1.29 is 20.1 Å². The highest BCUT2D eigenvalue weighted by atomic mass is 79.9. The molecule has 1 aliphatic heterocycles. The molecule has 108 valence electrons. The number of nitrogens with one attached hydrogen (secondary N) is 1. The second-order valence-electron chi connectivity index (χ2n) is 4.38. The Balaban J connectivity index is 2.14. The lowest BCUT2D eigenvalue weighted by molar-refractivity contribution is -0.0521. The molecule has 20 heavy (non-hydrogen) atoms. The molecule has 9 nitrogen and oxygen atoms in total. The van der Waals surface area contributed by atoms with E-state index in [0.717, 1.165) is 0 Å². The average Bonchev–Trinajstić information content (AvgIpc) is 2.90. The second-order valence-corrected chi connectivity index (χ2v) is 5.09. The number of halogens is 1. The summed E-state index contributed by atoms with van der Waals surface area (Å²) < 4.78 is 6.98. The fourth-order valence-electron chi connectivity index (χ4n) is 2.21. The molecule has 3 rings (SSSR count). The number of aliphatic hydroxyl groups is 3. The number of hydrogen-bond donors (Lipinski definition) is 4. The fourth-order valence-corrected chi connectivity index (χ4v) is 2.76. The normalized spacial score (nSPS) is 30.2. The highest BCUT2D eigenvalue weighted by molar-refractivity contribution is 9.10. The summed E-state index contributed by atoms with van der Waals surface area (Å²) >= 11 is 3.17. The Morgan fingerprint density at radius 1 is 1.45 bits per heavy atom. The summed E-state index contributed by atoms with van der Waals surface area (Å²) in [6, 6.07) is 0. The quantitative estimate of drug-likeness (QED) is 0.486. The standard InChI is InChI=1S/C10H11BrN4O5/c11-10-14-4-7(12-2-13-8(4)19)15(10)9-6(18)5(17)3(1-16)20-9/h2-3,5-6,9,16-18H,1H2,(H,12,13,19)/t3-,5+,6+,9-/m0/s1. The molecule has 0 amide bonds. The van der Waals surface area contributed by atoms with E-state index in [1.165, 1.54) is 10.9 Å². The summed E-state index contributed by atoms with van der Waals surface area (Å²) in [6.07, 6.45) is -3.23. The molecule has 0 aliphatic carbocycles. The van der Waals surface area contributed by atoms with E-state index in [2.05, 4.69) is 30.9 Å². The van der Waals surface area contributed by atoms with E-state index < -0.39 is 36.7 Å². The molecule has 0 spiro atoms. The molecule has 0 saturated carbocycles. The molecular formula is C10H11BrN4O5. The number of fused-ring (bicyclic) bond motifs is 1. The lowest BCUT2D eigenvalue weighted by Crippen LogP contribution is -2.33. The van der Waals surface area contributed by atoms with Crippen molar-refractivity contribution >= 4 is 27.1 Å². The van der Waals surface area contributed by atoms with Crippen LogP contribution in [-0.2, 0) is 4.74 Å². The van der Waals surface area contributed by atoms with Crippen molar-refractivity contribution in [3.8, 4) is 0 Å². The van der Waals surface area contributed by atoms with E-state index in [9.17, 15) is 15.0 Å². The van der Waals surface area contributed by atoms with E-state index in [1.807, 2.05) is 0 Å². The first kappa shape index (κ1) is 13.6. The molecule has 1 aliphatic rings. The predicted molar refractivity (Wildman–Crippen MR) is 68.9 cm³/mol. The predicted octanol–water partition coefficient (Wildman–Crippen LogP) is -1.51. The van der Waals surface area contributed by atoms with Gasteiger partial charge >= 0.3 is 0 Å². The first-order valence-corrected chi connectivity index (χ1v) is 6.57. The van der Waals surface area contributed by atoms with Crippen molar-refractivity contribution in [2.75, 3.05) is 6.61 Å². The molecule has 1 fully saturated rings. The van der Waals surface area contributed by atoms with Gasteiger partial charge in [0.05, 0.1) is 12.9 Å². The van der Waals surface area contributed by atoms with Gasteiger partial charge in [-0.15, -0.1) is 0 Å². The molecule has 0 radical (unpaired) electrons. The van der Waals surface area contributed by atoms with Crippen LogP contribution in [0.1, 0.15) is 6.23 Å². The van der Waals surface area contributed by atoms with Crippen LogP contribution in [0.25, 0.3) is 11.2 Å². The van der Waals surface area contributed by atoms with Gasteiger partial charge in [0.15, 0.2) is 22.1 Å². The highest BCUT2D eigenvalue weighted by Gasteiger charge is 2.44. The third-order valence-corrected chi connectivity index (χ3v) is 3.77. The van der Waals surface area contributed by atoms with Crippen molar-refractivity contribution in [2.24, 2.45) is 0 Å². The number of imidazole rings is 1. The van der Waals surface area contributed by atoms with Gasteiger partial charge in [-0.05, 0) is 15.9 Å². The Bertz CT molecular complexity index is 701. The van der Waals surface area contributed by atoms with Crippen molar-refractivity contribution in [3.05, 3.63) is 21.4 Å². The van der Waals surface area contributed by atoms with E-state index in [-0.39, 0.29) is 15.9 Å². The van der Waals surface area contributed by atoms with Gasteiger partial charge in [0.25, 0.3) is 5.56 Å². The molecular weight excluding hydrogens is 336 g/mol. The zero-order valence-electron chi connectivity index (χ0n) is 9.97. The molecule has 2 aromatic rings. The number of nitrogens with zero attached hydrogens (tertiary/aromatic N) is 3. The van der Waals surface area contributed by atoms with Crippen LogP contribution in [0.5, 0.6) is 0 Å². The molecule has 10 heteroatoms. The minimum atomic E-state index is -1.28. The number of hydrogen-bond acceptors (Lipinski definition) is 7. The Hall–Kier alpha value is -1.33. The lowest BCUT2D eigenvalue weighted by atomic mass is 10.1. The number of H-pyrrole nitrogens is 1. The number of rotatable bonds is 2. The smallest absolute Gasteiger partial charge is 0.278 e. The molecule has 4 atom stereocenters. The number of aliphatic hydroxyl groups excluding tert-OH is 3. The van der Waals surface area contributed by atoms with Gasteiger partial charge in [-0.2, -0.15) is 0 Å². The summed E-state index contributed by atoms with van der Waals surface area (Å²) in [5, 5.41) is 28.9. The van der Waals surface area contributed by atoms with Crippen molar-refractivity contribution in [2.45, 2.75) is 24.5 Å². The fraction of sp³-hybridized carbons (Fsp3) is 0.500. The van der Waals surface area contributed by atoms with Gasteiger partial charge in [-0.3, -0.25) is 9.36 Å². The van der Waals surface area contributed by atoms with Crippen LogP contribution in [0.15, 0.2) is 15.9 Å². The number of ether oxygens (including phenoxy) is 1. The highest BCUT2D eigenvalue weighted by Crippen LogP contribution is 2.33. The largest absolute Gasteiger partial charge is 0.394 e. The van der Waals surface area contributed by atoms with Gasteiger partial charge in [0.1, 0.15) is 18.3 Å². The molecule has 4 N–H and O–H groups in total. The van der Waals surface area contributed by atoms with E-state index in [4.69, 9.17) is 9.84 Å². The topological polar surface area (TPSA) is 133 Å². The van der Waals surface area contributed by atoms with Crippen molar-refractivity contribution in [1.29, 1.82) is 0 Å². The average molecular weight is 347 g/mol. The second kappa shape index (κ2) is 4.90. The Labute approximate surface area is 120 Å². The maximum absolute atomic E-state index is 11.6. The van der Waals surface area contributed by atoms with Gasteiger partial charge in [0.2, 0.25) is 0 Å². The summed E-state index contributed by atoms with van der Waals surface area (Å²) in [4.78, 5) is 22.0. The Morgan fingerprint density at radius 3 is 2.85 bits per heavy atom. The van der Waals surface area contributed by atoms with Crippen LogP contribution in [0.2, 0.25) is 0 Å². The van der Waals surface area contributed by atoms with Gasteiger partial charge in [-0.25, -0.2) is 9.97 Å². The molecule has 2 aromatic heterocycles. The van der Waals surface area contributed by atoms with Gasteiger partial charge in [0, 0.05) is 0 Å². The van der Waals surface area contributed by atoms with Gasteiger partial charge < -0.3 is 25.0 Å². The maximum Gasteiger partial charge on any atom is 0.278 e. The number of aromatic nitrogens is 4. The monoisotopic (exact) mass is 346 g/mol. The first-order valence-electron chi connectivity index (χ1n) is 5.78. The molecule has 0 unspecified atom stereocenters. The maximum atomic E-state index is 11.6. The van der Waals surface area contributed by atoms with E-state index in [1.54, 1.807) is 0 Å². The van der Waals surface area contributed by atoms with Crippen molar-refractivity contribution in [1.82, 2.24) is 19.5 Å². The van der Waals surface area contributed by atoms with Crippen LogP contribution in [0.3, 0.4) is 0 Å². The Morgan fingerprint density at radius 2 is 2.20 bits per heavy atom. The van der Waals surface area contributed by atoms with Crippen LogP contribution in [-0.4, -0.2) is 59.8 Å². The van der Waals surface area contributed by atoms with Crippen LogP contribution in [0, 0.1) is 0 Å². The zero-order valence-corrected chi connectivity index (χ0v) is 11.6. The molecule has 0 bridgehead atoms. The van der Waals surface area contributed by atoms with Crippen LogP contribution >= 0.6 is 15.9 Å². The van der Waals surface area contributed by atoms with E-state index >= 15 is 0 Å². The Kier molecular flexibility index (Phi) is 3.34. The molecule has 3 heterocycles. The summed E-state index contributed by atoms with van der Waals surface area (Å²) in [6.45, 7) is -0.438. The van der Waals surface area contributed by atoms with Crippen molar-refractivity contribution in [3.63, 3.8) is 0 Å². The summed E-state index contributed by atoms with van der Waals surface area (Å²) in [5.74, 6) is 0. The third kappa shape index (κ3) is 1.88. The molecule has 1 saturated heterocycles. The zero-order chi connectivity index (χ0) is 14.4. The van der Waals surface area contributed by atoms with Crippen LogP contribution in [0.4, 0.5) is 0 Å².